The van der Waals surface area contributed by atoms with Crippen molar-refractivity contribution in [2.75, 3.05) is 51.6 Å². The van der Waals surface area contributed by atoms with Crippen molar-refractivity contribution >= 4 is 23.6 Å². The Bertz CT molecular complexity index is 690. The number of rotatable bonds is 6. The minimum Gasteiger partial charge on any atom is -0.342 e. The van der Waals surface area contributed by atoms with E-state index < -0.39 is 0 Å². The van der Waals surface area contributed by atoms with Crippen LogP contribution in [-0.4, -0.2) is 92.8 Å². The molecule has 0 radical (unpaired) electrons. The first-order valence-electron chi connectivity index (χ1n) is 9.92. The molecule has 0 N–H and O–H groups in total. The molecule has 0 spiro atoms. The van der Waals surface area contributed by atoms with Gasteiger partial charge < -0.3 is 14.4 Å². The predicted molar refractivity (Wildman–Crippen MR) is 103 cm³/mol. The molecule has 3 aliphatic rings. The smallest absolute Gasteiger partial charge is 0.236 e. The van der Waals surface area contributed by atoms with Gasteiger partial charge in [0, 0.05) is 52.2 Å². The number of aromatic nitrogens is 3. The quantitative estimate of drug-likeness (QED) is 0.659. The molecule has 3 heterocycles. The summed E-state index contributed by atoms with van der Waals surface area (Å²) in [6, 6.07) is 0. The molecule has 1 saturated carbocycles. The molecule has 4 rings (SSSR count). The summed E-state index contributed by atoms with van der Waals surface area (Å²) in [5.41, 5.74) is 0. The van der Waals surface area contributed by atoms with Crippen molar-refractivity contribution in [3.8, 4) is 0 Å². The van der Waals surface area contributed by atoms with E-state index in [4.69, 9.17) is 0 Å². The van der Waals surface area contributed by atoms with E-state index >= 15 is 0 Å². The number of amides is 2. The molecule has 0 atom stereocenters. The van der Waals surface area contributed by atoms with Crippen molar-refractivity contribution in [3.05, 3.63) is 5.82 Å². The Hall–Kier alpha value is -1.61. The van der Waals surface area contributed by atoms with Gasteiger partial charge in [-0.15, -0.1) is 10.2 Å². The Labute approximate surface area is 164 Å². The van der Waals surface area contributed by atoms with E-state index in [0.717, 1.165) is 50.0 Å². The number of nitrogens with zero attached hydrogens (tertiary/aromatic N) is 6. The third-order valence-corrected chi connectivity index (χ3v) is 6.68. The van der Waals surface area contributed by atoms with Crippen LogP contribution in [0.2, 0.25) is 0 Å². The van der Waals surface area contributed by atoms with E-state index in [1.807, 2.05) is 21.4 Å². The number of carbonyl (C=O) groups is 2. The molecule has 148 valence electrons. The van der Waals surface area contributed by atoms with Crippen LogP contribution in [0.4, 0.5) is 0 Å². The van der Waals surface area contributed by atoms with Crippen molar-refractivity contribution in [3.63, 3.8) is 0 Å². The summed E-state index contributed by atoms with van der Waals surface area (Å²) in [4.78, 5) is 30.8. The average Bonchev–Trinajstić information content (AvgIpc) is 3.22. The Morgan fingerprint density at radius 1 is 0.963 bits per heavy atom. The highest BCUT2D eigenvalue weighted by Gasteiger charge is 2.30. The van der Waals surface area contributed by atoms with Crippen LogP contribution >= 0.6 is 11.8 Å². The fourth-order valence-corrected chi connectivity index (χ4v) is 4.60. The largest absolute Gasteiger partial charge is 0.342 e. The van der Waals surface area contributed by atoms with Gasteiger partial charge in [-0.2, -0.15) is 0 Å². The third-order valence-electron chi connectivity index (χ3n) is 5.68. The molecular weight excluding hydrogens is 364 g/mol. The van der Waals surface area contributed by atoms with E-state index in [1.54, 1.807) is 0 Å². The fourth-order valence-electron chi connectivity index (χ4n) is 3.78. The molecule has 1 aromatic rings. The van der Waals surface area contributed by atoms with Gasteiger partial charge in [0.2, 0.25) is 11.8 Å². The van der Waals surface area contributed by atoms with Crippen LogP contribution < -0.4 is 0 Å². The van der Waals surface area contributed by atoms with Crippen molar-refractivity contribution in [2.24, 2.45) is 7.05 Å². The molecule has 0 bridgehead atoms. The maximum absolute atomic E-state index is 12.5. The van der Waals surface area contributed by atoms with Crippen LogP contribution in [0, 0.1) is 0 Å². The van der Waals surface area contributed by atoms with Crippen molar-refractivity contribution < 1.29 is 9.59 Å². The van der Waals surface area contributed by atoms with Gasteiger partial charge in [0.05, 0.1) is 12.3 Å². The summed E-state index contributed by atoms with van der Waals surface area (Å²) < 4.78 is 2.03. The normalized spacial score (nSPS) is 21.1. The molecule has 1 aromatic heterocycles. The molecule has 8 nitrogen and oxygen atoms in total. The Balaban J connectivity index is 1.20. The first-order chi connectivity index (χ1) is 13.1. The van der Waals surface area contributed by atoms with Gasteiger partial charge in [0.15, 0.2) is 5.16 Å². The van der Waals surface area contributed by atoms with Crippen LogP contribution in [0.25, 0.3) is 0 Å². The Morgan fingerprint density at radius 2 is 1.63 bits per heavy atom. The standard InChI is InChI=1S/C18H28N6O2S/c1-21-17(14-4-5-14)19-20-18(21)27-13-16(26)24-10-8-22(9-11-24)12-15(25)23-6-2-3-7-23/h14H,2-13H2,1H3. The van der Waals surface area contributed by atoms with Gasteiger partial charge in [-0.3, -0.25) is 14.5 Å². The lowest BCUT2D eigenvalue weighted by Crippen LogP contribution is -2.51. The van der Waals surface area contributed by atoms with Gasteiger partial charge >= 0.3 is 0 Å². The minimum atomic E-state index is 0.140. The summed E-state index contributed by atoms with van der Waals surface area (Å²) in [5, 5.41) is 9.31. The lowest BCUT2D eigenvalue weighted by Gasteiger charge is -2.35. The fraction of sp³-hybridized carbons (Fsp3) is 0.778. The lowest BCUT2D eigenvalue weighted by atomic mass is 10.3. The zero-order valence-electron chi connectivity index (χ0n) is 16.0. The lowest BCUT2D eigenvalue weighted by molar-refractivity contribution is -0.133. The molecule has 2 saturated heterocycles. The predicted octanol–water partition coefficient (Wildman–Crippen LogP) is 0.551. The first kappa shape index (κ1) is 18.7. The van der Waals surface area contributed by atoms with Crippen LogP contribution in [0.1, 0.15) is 37.4 Å². The molecule has 0 unspecified atom stereocenters. The maximum atomic E-state index is 12.5. The van der Waals surface area contributed by atoms with Crippen LogP contribution in [0.5, 0.6) is 0 Å². The summed E-state index contributed by atoms with van der Waals surface area (Å²) in [7, 11) is 1.98. The number of hydrogen-bond acceptors (Lipinski definition) is 6. The Morgan fingerprint density at radius 3 is 2.30 bits per heavy atom. The molecule has 27 heavy (non-hydrogen) atoms. The van der Waals surface area contributed by atoms with Crippen LogP contribution in [0.3, 0.4) is 0 Å². The van der Waals surface area contributed by atoms with Gasteiger partial charge in [-0.05, 0) is 25.7 Å². The van der Waals surface area contributed by atoms with E-state index in [9.17, 15) is 9.59 Å². The molecule has 0 aromatic carbocycles. The van der Waals surface area contributed by atoms with Gasteiger partial charge in [-0.1, -0.05) is 11.8 Å². The highest BCUT2D eigenvalue weighted by atomic mass is 32.2. The van der Waals surface area contributed by atoms with Crippen molar-refractivity contribution in [1.82, 2.24) is 29.5 Å². The van der Waals surface area contributed by atoms with Crippen LogP contribution in [0.15, 0.2) is 5.16 Å². The highest BCUT2D eigenvalue weighted by molar-refractivity contribution is 7.99. The molecule has 9 heteroatoms. The summed E-state index contributed by atoms with van der Waals surface area (Å²) in [6.07, 6.45) is 4.64. The van der Waals surface area contributed by atoms with Crippen molar-refractivity contribution in [2.45, 2.75) is 36.8 Å². The van der Waals surface area contributed by atoms with Gasteiger partial charge in [-0.25, -0.2) is 0 Å². The second kappa shape index (κ2) is 8.18. The van der Waals surface area contributed by atoms with E-state index in [1.165, 1.54) is 24.6 Å². The number of thioether (sulfide) groups is 1. The minimum absolute atomic E-state index is 0.140. The van der Waals surface area contributed by atoms with Crippen molar-refractivity contribution in [1.29, 1.82) is 0 Å². The van der Waals surface area contributed by atoms with Gasteiger partial charge in [0.25, 0.3) is 0 Å². The van der Waals surface area contributed by atoms with Gasteiger partial charge in [0.1, 0.15) is 5.82 Å². The molecular formula is C18H28N6O2S. The third kappa shape index (κ3) is 4.45. The van der Waals surface area contributed by atoms with E-state index in [-0.39, 0.29) is 11.8 Å². The van der Waals surface area contributed by atoms with Crippen LogP contribution in [-0.2, 0) is 16.6 Å². The monoisotopic (exact) mass is 392 g/mol. The first-order valence-corrected chi connectivity index (χ1v) is 10.9. The average molecular weight is 393 g/mol. The molecule has 2 aliphatic heterocycles. The topological polar surface area (TPSA) is 74.6 Å². The number of hydrogen-bond donors (Lipinski definition) is 0. The summed E-state index contributed by atoms with van der Waals surface area (Å²) >= 11 is 1.47. The second-order valence-electron chi connectivity index (χ2n) is 7.71. The second-order valence-corrected chi connectivity index (χ2v) is 8.65. The SMILES string of the molecule is Cn1c(SCC(=O)N2CCN(CC(=O)N3CCCC3)CC2)nnc1C1CC1. The molecule has 2 amide bonds. The number of carbonyl (C=O) groups excluding carboxylic acids is 2. The zero-order chi connectivity index (χ0) is 18.8. The highest BCUT2D eigenvalue weighted by Crippen LogP contribution is 2.39. The Kier molecular flexibility index (Phi) is 5.68. The number of piperazine rings is 1. The summed E-state index contributed by atoms with van der Waals surface area (Å²) in [6.45, 7) is 5.22. The molecule has 1 aliphatic carbocycles. The van der Waals surface area contributed by atoms with E-state index in [2.05, 4.69) is 15.1 Å². The maximum Gasteiger partial charge on any atom is 0.236 e. The zero-order valence-corrected chi connectivity index (χ0v) is 16.8. The molecule has 3 fully saturated rings. The summed E-state index contributed by atoms with van der Waals surface area (Å²) in [5.74, 6) is 2.37. The van der Waals surface area contributed by atoms with E-state index in [0.29, 0.717) is 31.3 Å². The number of likely N-dealkylation sites (tertiary alicyclic amines) is 1.